The molecule has 4 heteroatoms. The van der Waals surface area contributed by atoms with Gasteiger partial charge in [0.1, 0.15) is 0 Å². The third-order valence-electron chi connectivity index (χ3n) is 4.10. The van der Waals surface area contributed by atoms with Crippen LogP contribution < -0.4 is 5.32 Å². The lowest BCUT2D eigenvalue weighted by Gasteiger charge is -2.42. The molecule has 1 fully saturated rings. The van der Waals surface area contributed by atoms with Crippen molar-refractivity contribution in [2.45, 2.75) is 52.7 Å². The molecule has 1 aromatic rings. The topological polar surface area (TPSA) is 15.3 Å². The van der Waals surface area contributed by atoms with E-state index in [1.54, 1.807) is 11.3 Å². The van der Waals surface area contributed by atoms with E-state index in [2.05, 4.69) is 44.0 Å². The molecular weight excluding hydrogens is 288 g/mol. The van der Waals surface area contributed by atoms with Crippen molar-refractivity contribution in [2.24, 2.45) is 11.8 Å². The molecule has 0 spiro atoms. The molecule has 2 nitrogen and oxygen atoms in total. The molecule has 1 saturated heterocycles. The Morgan fingerprint density at radius 2 is 2.10 bits per heavy atom. The molecule has 0 bridgehead atoms. The highest BCUT2D eigenvalue weighted by Gasteiger charge is 2.29. The molecule has 0 aliphatic carbocycles. The number of nitrogens with zero attached hydrogens (tertiary/aromatic N) is 1. The molecule has 0 saturated carbocycles. The number of thiophene rings is 1. The number of halogens is 1. The summed E-state index contributed by atoms with van der Waals surface area (Å²) in [6, 6.07) is 5.44. The minimum Gasteiger partial charge on any atom is -0.311 e. The van der Waals surface area contributed by atoms with Gasteiger partial charge in [-0.05, 0) is 30.4 Å². The molecule has 2 heterocycles. The van der Waals surface area contributed by atoms with Crippen LogP contribution >= 0.6 is 22.9 Å². The van der Waals surface area contributed by atoms with Crippen molar-refractivity contribution in [3.63, 3.8) is 0 Å². The Hall–Kier alpha value is -0.0900. The first-order valence-corrected chi connectivity index (χ1v) is 8.86. The Morgan fingerprint density at radius 3 is 2.65 bits per heavy atom. The zero-order valence-corrected chi connectivity index (χ0v) is 14.6. The first-order valence-electron chi connectivity index (χ1n) is 7.67. The monoisotopic (exact) mass is 314 g/mol. The van der Waals surface area contributed by atoms with Gasteiger partial charge in [-0.25, -0.2) is 0 Å². The van der Waals surface area contributed by atoms with Gasteiger partial charge in [0, 0.05) is 36.6 Å². The molecule has 0 radical (unpaired) electrons. The zero-order valence-electron chi connectivity index (χ0n) is 13.0. The molecule has 2 rings (SSSR count). The van der Waals surface area contributed by atoms with Gasteiger partial charge in [-0.3, -0.25) is 4.90 Å². The second kappa shape index (κ2) is 7.26. The highest BCUT2D eigenvalue weighted by molar-refractivity contribution is 7.16. The quantitative estimate of drug-likeness (QED) is 0.874. The molecule has 1 aliphatic heterocycles. The van der Waals surface area contributed by atoms with E-state index >= 15 is 0 Å². The molecule has 114 valence electrons. The molecule has 1 aliphatic rings. The van der Waals surface area contributed by atoms with Gasteiger partial charge in [-0.2, -0.15) is 0 Å². The van der Waals surface area contributed by atoms with Crippen LogP contribution in [0.5, 0.6) is 0 Å². The van der Waals surface area contributed by atoms with Gasteiger partial charge in [-0.15, -0.1) is 11.3 Å². The Morgan fingerprint density at radius 1 is 1.35 bits per heavy atom. The Labute approximate surface area is 132 Å². The SMILES string of the molecule is CC(C)CC1CNC(C(C)C)CN1Cc1ccc(Cl)s1. The van der Waals surface area contributed by atoms with Gasteiger partial charge in [0.2, 0.25) is 0 Å². The van der Waals surface area contributed by atoms with Gasteiger partial charge in [-0.1, -0.05) is 39.3 Å². The average molecular weight is 315 g/mol. The lowest BCUT2D eigenvalue weighted by atomic mass is 9.95. The van der Waals surface area contributed by atoms with Gasteiger partial charge >= 0.3 is 0 Å². The van der Waals surface area contributed by atoms with Crippen molar-refractivity contribution < 1.29 is 0 Å². The minimum absolute atomic E-state index is 0.605. The summed E-state index contributed by atoms with van der Waals surface area (Å²) in [7, 11) is 0. The van der Waals surface area contributed by atoms with Crippen LogP contribution in [-0.2, 0) is 6.54 Å². The maximum Gasteiger partial charge on any atom is 0.0931 e. The van der Waals surface area contributed by atoms with E-state index in [1.807, 2.05) is 6.07 Å². The van der Waals surface area contributed by atoms with Gasteiger partial charge in [0.15, 0.2) is 0 Å². The maximum atomic E-state index is 6.07. The van der Waals surface area contributed by atoms with Crippen molar-refractivity contribution in [3.05, 3.63) is 21.3 Å². The number of rotatable bonds is 5. The van der Waals surface area contributed by atoms with Crippen LogP contribution in [0, 0.1) is 11.8 Å². The summed E-state index contributed by atoms with van der Waals surface area (Å²) in [5.41, 5.74) is 0. The average Bonchev–Trinajstić information content (AvgIpc) is 2.76. The van der Waals surface area contributed by atoms with E-state index in [1.165, 1.54) is 11.3 Å². The van der Waals surface area contributed by atoms with Gasteiger partial charge in [0.25, 0.3) is 0 Å². The smallest absolute Gasteiger partial charge is 0.0931 e. The molecule has 20 heavy (non-hydrogen) atoms. The Kier molecular flexibility index (Phi) is 5.91. The second-order valence-corrected chi connectivity index (χ2v) is 8.48. The van der Waals surface area contributed by atoms with Crippen molar-refractivity contribution >= 4 is 22.9 Å². The highest BCUT2D eigenvalue weighted by atomic mass is 35.5. The first-order chi connectivity index (χ1) is 9.45. The largest absolute Gasteiger partial charge is 0.311 e. The Balaban J connectivity index is 2.04. The van der Waals surface area contributed by atoms with Crippen LogP contribution in [0.2, 0.25) is 4.34 Å². The molecule has 1 N–H and O–H groups in total. The summed E-state index contributed by atoms with van der Waals surface area (Å²) in [5, 5.41) is 3.73. The molecule has 2 atom stereocenters. The normalized spacial score (nSPS) is 24.8. The molecule has 1 aromatic heterocycles. The fraction of sp³-hybridized carbons (Fsp3) is 0.750. The maximum absolute atomic E-state index is 6.07. The zero-order chi connectivity index (χ0) is 14.7. The van der Waals surface area contributed by atoms with Gasteiger partial charge < -0.3 is 5.32 Å². The number of hydrogen-bond acceptors (Lipinski definition) is 3. The first kappa shape index (κ1) is 16.3. The third kappa shape index (κ3) is 4.45. The van der Waals surface area contributed by atoms with Crippen LogP contribution in [0.15, 0.2) is 12.1 Å². The number of hydrogen-bond donors (Lipinski definition) is 1. The van der Waals surface area contributed by atoms with Crippen molar-refractivity contribution in [1.29, 1.82) is 0 Å². The molecule has 0 amide bonds. The molecular formula is C16H27ClN2S. The van der Waals surface area contributed by atoms with Crippen molar-refractivity contribution in [2.75, 3.05) is 13.1 Å². The lowest BCUT2D eigenvalue weighted by molar-refractivity contribution is 0.0934. The Bertz CT molecular complexity index is 416. The van der Waals surface area contributed by atoms with E-state index in [0.29, 0.717) is 18.0 Å². The van der Waals surface area contributed by atoms with E-state index in [9.17, 15) is 0 Å². The fourth-order valence-electron chi connectivity index (χ4n) is 2.94. The number of piperazine rings is 1. The summed E-state index contributed by atoms with van der Waals surface area (Å²) in [6.07, 6.45) is 1.26. The van der Waals surface area contributed by atoms with Crippen molar-refractivity contribution in [1.82, 2.24) is 10.2 Å². The second-order valence-electron chi connectivity index (χ2n) is 6.68. The summed E-state index contributed by atoms with van der Waals surface area (Å²) in [5.74, 6) is 1.43. The van der Waals surface area contributed by atoms with E-state index in [0.717, 1.165) is 29.9 Å². The lowest BCUT2D eigenvalue weighted by Crippen LogP contribution is -2.57. The predicted octanol–water partition coefficient (Wildman–Crippen LogP) is 4.25. The number of nitrogens with one attached hydrogen (secondary N) is 1. The van der Waals surface area contributed by atoms with Crippen molar-refractivity contribution in [3.8, 4) is 0 Å². The van der Waals surface area contributed by atoms with Crippen LogP contribution in [0.25, 0.3) is 0 Å². The van der Waals surface area contributed by atoms with E-state index < -0.39 is 0 Å². The predicted molar refractivity (Wildman–Crippen MR) is 89.6 cm³/mol. The summed E-state index contributed by atoms with van der Waals surface area (Å²) < 4.78 is 0.899. The third-order valence-corrected chi connectivity index (χ3v) is 5.32. The highest BCUT2D eigenvalue weighted by Crippen LogP contribution is 2.26. The van der Waals surface area contributed by atoms with E-state index in [4.69, 9.17) is 11.6 Å². The van der Waals surface area contributed by atoms with E-state index in [-0.39, 0.29) is 0 Å². The van der Waals surface area contributed by atoms with Crippen LogP contribution in [0.1, 0.15) is 39.0 Å². The summed E-state index contributed by atoms with van der Waals surface area (Å²) in [4.78, 5) is 4.04. The summed E-state index contributed by atoms with van der Waals surface area (Å²) in [6.45, 7) is 12.5. The summed E-state index contributed by atoms with van der Waals surface area (Å²) >= 11 is 7.78. The van der Waals surface area contributed by atoms with Crippen LogP contribution in [0.4, 0.5) is 0 Å². The van der Waals surface area contributed by atoms with Crippen LogP contribution in [0.3, 0.4) is 0 Å². The standard InChI is InChI=1S/C16H27ClN2S/c1-11(2)7-13-8-18-15(12(3)4)10-19(13)9-14-5-6-16(17)20-14/h5-6,11-13,15,18H,7-10H2,1-4H3. The van der Waals surface area contributed by atoms with Crippen LogP contribution in [-0.4, -0.2) is 30.1 Å². The van der Waals surface area contributed by atoms with Gasteiger partial charge in [0.05, 0.1) is 4.34 Å². The molecule has 0 aromatic carbocycles. The molecule has 2 unspecified atom stereocenters. The fourth-order valence-corrected chi connectivity index (χ4v) is 4.05. The minimum atomic E-state index is 0.605.